The number of hydrogen-bond donors (Lipinski definition) is 1. The summed E-state index contributed by atoms with van der Waals surface area (Å²) in [4.78, 5) is 2.55. The fourth-order valence-electron chi connectivity index (χ4n) is 2.57. The monoisotopic (exact) mass is 338 g/mol. The number of aryl methyl sites for hydroxylation is 2. The van der Waals surface area contributed by atoms with E-state index in [0.717, 1.165) is 21.9 Å². The van der Waals surface area contributed by atoms with Crippen LogP contribution in [0.1, 0.15) is 16.7 Å². The smallest absolute Gasteiger partial charge is 0.200 e. The van der Waals surface area contributed by atoms with Gasteiger partial charge in [-0.15, -0.1) is 0 Å². The van der Waals surface area contributed by atoms with Gasteiger partial charge in [-0.3, -0.25) is 0 Å². The summed E-state index contributed by atoms with van der Waals surface area (Å²) in [7, 11) is -3.68. The van der Waals surface area contributed by atoms with E-state index in [2.05, 4.69) is 9.93 Å². The zero-order chi connectivity index (χ0) is 17.2. The first kappa shape index (κ1) is 16.2. The third-order valence-corrected chi connectivity index (χ3v) is 5.20. The SMILES string of the molecule is Cc1ccc(C)c(S(=O)(=O)N/N=C\c2cccc3ccccc23)c1. The van der Waals surface area contributed by atoms with Crippen molar-refractivity contribution in [2.24, 2.45) is 5.10 Å². The Morgan fingerprint density at radius 3 is 2.54 bits per heavy atom. The quantitative estimate of drug-likeness (QED) is 0.581. The Labute approximate surface area is 141 Å². The van der Waals surface area contributed by atoms with Crippen molar-refractivity contribution in [1.82, 2.24) is 4.83 Å². The van der Waals surface area contributed by atoms with Gasteiger partial charge in [-0.25, -0.2) is 4.83 Å². The normalized spacial score (nSPS) is 11.9. The van der Waals surface area contributed by atoms with Gasteiger partial charge in [-0.1, -0.05) is 54.6 Å². The molecule has 0 radical (unpaired) electrons. The Hall–Kier alpha value is -2.66. The van der Waals surface area contributed by atoms with Gasteiger partial charge in [0.1, 0.15) is 0 Å². The maximum atomic E-state index is 12.4. The summed E-state index contributed by atoms with van der Waals surface area (Å²) in [5.41, 5.74) is 2.43. The fourth-order valence-corrected chi connectivity index (χ4v) is 3.70. The van der Waals surface area contributed by atoms with Crippen molar-refractivity contribution in [2.75, 3.05) is 0 Å². The minimum Gasteiger partial charge on any atom is -0.200 e. The Morgan fingerprint density at radius 1 is 0.958 bits per heavy atom. The molecule has 0 saturated carbocycles. The second kappa shape index (κ2) is 6.45. The lowest BCUT2D eigenvalue weighted by atomic mass is 10.1. The molecular formula is C19H18N2O2S. The Morgan fingerprint density at radius 2 is 1.71 bits per heavy atom. The van der Waals surface area contributed by atoms with E-state index in [0.29, 0.717) is 5.56 Å². The van der Waals surface area contributed by atoms with E-state index in [-0.39, 0.29) is 4.90 Å². The summed E-state index contributed by atoms with van der Waals surface area (Å²) >= 11 is 0. The van der Waals surface area contributed by atoms with E-state index in [1.807, 2.05) is 55.5 Å². The van der Waals surface area contributed by atoms with Crippen LogP contribution >= 0.6 is 0 Å². The van der Waals surface area contributed by atoms with Gasteiger partial charge in [-0.2, -0.15) is 13.5 Å². The highest BCUT2D eigenvalue weighted by Gasteiger charge is 2.15. The average Bonchev–Trinajstić information content (AvgIpc) is 2.57. The summed E-state index contributed by atoms with van der Waals surface area (Å²) < 4.78 is 24.9. The highest BCUT2D eigenvalue weighted by atomic mass is 32.2. The molecule has 0 aliphatic heterocycles. The molecular weight excluding hydrogens is 320 g/mol. The van der Waals surface area contributed by atoms with Crippen LogP contribution in [-0.4, -0.2) is 14.6 Å². The third-order valence-electron chi connectivity index (χ3n) is 3.83. The van der Waals surface area contributed by atoms with E-state index >= 15 is 0 Å². The van der Waals surface area contributed by atoms with Crippen LogP contribution in [0.3, 0.4) is 0 Å². The van der Waals surface area contributed by atoms with Crippen molar-refractivity contribution < 1.29 is 8.42 Å². The van der Waals surface area contributed by atoms with Gasteiger partial charge in [0, 0.05) is 5.56 Å². The lowest BCUT2D eigenvalue weighted by molar-refractivity contribution is 0.584. The number of nitrogens with zero attached hydrogens (tertiary/aromatic N) is 1. The van der Waals surface area contributed by atoms with Crippen molar-refractivity contribution in [3.63, 3.8) is 0 Å². The molecule has 4 nitrogen and oxygen atoms in total. The number of hydrogen-bond acceptors (Lipinski definition) is 3. The number of nitrogens with one attached hydrogen (secondary N) is 1. The Balaban J connectivity index is 1.89. The van der Waals surface area contributed by atoms with Crippen LogP contribution in [0.15, 0.2) is 70.7 Å². The molecule has 0 spiro atoms. The summed E-state index contributed by atoms with van der Waals surface area (Å²) in [5.74, 6) is 0. The maximum absolute atomic E-state index is 12.4. The highest BCUT2D eigenvalue weighted by Crippen LogP contribution is 2.18. The van der Waals surface area contributed by atoms with Gasteiger partial charge in [0.05, 0.1) is 11.1 Å². The first-order valence-corrected chi connectivity index (χ1v) is 9.05. The summed E-state index contributed by atoms with van der Waals surface area (Å²) in [6.07, 6.45) is 1.53. The standard InChI is InChI=1S/C19H18N2O2S/c1-14-10-11-15(2)19(12-14)24(22,23)21-20-13-17-8-5-7-16-6-3-4-9-18(16)17/h3-13,21H,1-2H3/b20-13-. The molecule has 0 heterocycles. The van der Waals surface area contributed by atoms with Crippen molar-refractivity contribution in [3.8, 4) is 0 Å². The molecule has 3 rings (SSSR count). The molecule has 0 aliphatic carbocycles. The summed E-state index contributed by atoms with van der Waals surface area (Å²) in [6, 6.07) is 19.0. The van der Waals surface area contributed by atoms with Crippen molar-refractivity contribution in [2.45, 2.75) is 18.7 Å². The van der Waals surface area contributed by atoms with E-state index < -0.39 is 10.0 Å². The molecule has 0 bridgehead atoms. The second-order valence-corrected chi connectivity index (χ2v) is 7.32. The van der Waals surface area contributed by atoms with Crippen molar-refractivity contribution in [3.05, 3.63) is 77.4 Å². The third kappa shape index (κ3) is 3.31. The van der Waals surface area contributed by atoms with Crippen molar-refractivity contribution >= 4 is 27.0 Å². The average molecular weight is 338 g/mol. The van der Waals surface area contributed by atoms with Gasteiger partial charge in [0.2, 0.25) is 0 Å². The van der Waals surface area contributed by atoms with Gasteiger partial charge >= 0.3 is 0 Å². The molecule has 0 unspecified atom stereocenters. The molecule has 3 aromatic carbocycles. The molecule has 0 saturated heterocycles. The van der Waals surface area contributed by atoms with Crippen LogP contribution in [0.2, 0.25) is 0 Å². The predicted molar refractivity (Wildman–Crippen MR) is 97.8 cm³/mol. The van der Waals surface area contributed by atoms with Gasteiger partial charge in [0.25, 0.3) is 10.0 Å². The van der Waals surface area contributed by atoms with Crippen LogP contribution in [0.5, 0.6) is 0 Å². The molecule has 1 N–H and O–H groups in total. The van der Waals surface area contributed by atoms with Gasteiger partial charge in [0.15, 0.2) is 0 Å². The van der Waals surface area contributed by atoms with Crippen molar-refractivity contribution in [1.29, 1.82) is 0 Å². The zero-order valence-electron chi connectivity index (χ0n) is 13.5. The van der Waals surface area contributed by atoms with E-state index in [1.165, 1.54) is 6.21 Å². The number of benzene rings is 3. The number of rotatable bonds is 4. The largest absolute Gasteiger partial charge is 0.276 e. The van der Waals surface area contributed by atoms with E-state index in [9.17, 15) is 8.42 Å². The lowest BCUT2D eigenvalue weighted by Gasteiger charge is -2.08. The molecule has 0 aliphatic rings. The number of fused-ring (bicyclic) bond motifs is 1. The second-order valence-electron chi connectivity index (χ2n) is 5.69. The van der Waals surface area contributed by atoms with E-state index in [1.54, 1.807) is 19.1 Å². The van der Waals surface area contributed by atoms with Crippen LogP contribution in [-0.2, 0) is 10.0 Å². The van der Waals surface area contributed by atoms with Crippen LogP contribution in [0.4, 0.5) is 0 Å². The van der Waals surface area contributed by atoms with E-state index in [4.69, 9.17) is 0 Å². The molecule has 122 valence electrons. The van der Waals surface area contributed by atoms with Crippen LogP contribution in [0.25, 0.3) is 10.8 Å². The molecule has 0 aromatic heterocycles. The molecule has 0 atom stereocenters. The van der Waals surface area contributed by atoms with Gasteiger partial charge in [-0.05, 0) is 41.8 Å². The number of hydrazone groups is 1. The molecule has 0 fully saturated rings. The van der Waals surface area contributed by atoms with Crippen LogP contribution in [0, 0.1) is 13.8 Å². The highest BCUT2D eigenvalue weighted by molar-refractivity contribution is 7.89. The zero-order valence-corrected chi connectivity index (χ0v) is 14.3. The Kier molecular flexibility index (Phi) is 4.36. The fraction of sp³-hybridized carbons (Fsp3) is 0.105. The first-order chi connectivity index (χ1) is 11.5. The molecule has 24 heavy (non-hydrogen) atoms. The summed E-state index contributed by atoms with van der Waals surface area (Å²) in [5, 5.41) is 6.05. The van der Waals surface area contributed by atoms with Crippen LogP contribution < -0.4 is 4.83 Å². The lowest BCUT2D eigenvalue weighted by Crippen LogP contribution is -2.19. The number of sulfonamides is 1. The topological polar surface area (TPSA) is 58.5 Å². The Bertz CT molecular complexity index is 1020. The predicted octanol–water partition coefficient (Wildman–Crippen LogP) is 3.77. The first-order valence-electron chi connectivity index (χ1n) is 7.57. The molecule has 0 amide bonds. The molecule has 5 heteroatoms. The van der Waals surface area contributed by atoms with Gasteiger partial charge < -0.3 is 0 Å². The molecule has 3 aromatic rings. The minimum absolute atomic E-state index is 0.248. The maximum Gasteiger partial charge on any atom is 0.276 e. The summed E-state index contributed by atoms with van der Waals surface area (Å²) in [6.45, 7) is 3.63. The minimum atomic E-state index is -3.68.